The highest BCUT2D eigenvalue weighted by Crippen LogP contribution is 2.36. The molecule has 0 amide bonds. The molecule has 148 valence electrons. The lowest BCUT2D eigenvalue weighted by Crippen LogP contribution is -2.24. The van der Waals surface area contributed by atoms with Crippen LogP contribution in [0.2, 0.25) is 0 Å². The maximum Gasteiger partial charge on any atom is 0.371 e. The number of fused-ring (bicyclic) bond motifs is 1. The Morgan fingerprint density at radius 1 is 1.14 bits per heavy atom. The number of carboxylic acids is 1. The monoisotopic (exact) mass is 408 g/mol. The first kappa shape index (κ1) is 19.1. The third-order valence-corrected chi connectivity index (χ3v) is 6.16. The highest BCUT2D eigenvalue weighted by molar-refractivity contribution is 7.19. The zero-order chi connectivity index (χ0) is 20.9. The smallest absolute Gasteiger partial charge is 0.371 e. The number of benzene rings is 1. The quantitative estimate of drug-likeness (QED) is 0.529. The van der Waals surface area contributed by atoms with Crippen LogP contribution in [0.15, 0.2) is 39.5 Å². The predicted molar refractivity (Wildman–Crippen MR) is 113 cm³/mol. The SMILES string of the molecule is Cc1ccc(-c2c(C)sc3nc(C)n(Cc4ccc(C(=O)O)o4)c(=O)c23)cc1C. The van der Waals surface area contributed by atoms with Crippen molar-refractivity contribution in [2.45, 2.75) is 34.2 Å². The van der Waals surface area contributed by atoms with Crippen molar-refractivity contribution in [2.24, 2.45) is 0 Å². The first-order valence-electron chi connectivity index (χ1n) is 9.16. The minimum Gasteiger partial charge on any atom is -0.475 e. The molecule has 6 nitrogen and oxygen atoms in total. The van der Waals surface area contributed by atoms with Gasteiger partial charge in [-0.15, -0.1) is 11.3 Å². The van der Waals surface area contributed by atoms with Crippen molar-refractivity contribution >= 4 is 27.5 Å². The Bertz CT molecular complexity index is 1330. The number of aromatic carboxylic acids is 1. The Morgan fingerprint density at radius 2 is 1.90 bits per heavy atom. The highest BCUT2D eigenvalue weighted by atomic mass is 32.1. The Balaban J connectivity index is 1.90. The maximum atomic E-state index is 13.4. The number of aromatic nitrogens is 2. The summed E-state index contributed by atoms with van der Waals surface area (Å²) in [6.45, 7) is 8.02. The molecule has 29 heavy (non-hydrogen) atoms. The zero-order valence-corrected chi connectivity index (χ0v) is 17.4. The summed E-state index contributed by atoms with van der Waals surface area (Å²) in [5, 5.41) is 9.64. The summed E-state index contributed by atoms with van der Waals surface area (Å²) in [4.78, 5) is 30.9. The van der Waals surface area contributed by atoms with Gasteiger partial charge in [0.15, 0.2) is 0 Å². The lowest BCUT2D eigenvalue weighted by Gasteiger charge is -2.10. The molecule has 0 spiro atoms. The summed E-state index contributed by atoms with van der Waals surface area (Å²) in [5.74, 6) is -0.335. The van der Waals surface area contributed by atoms with Crippen LogP contribution in [0.5, 0.6) is 0 Å². The number of aryl methyl sites for hydroxylation is 4. The molecule has 0 aliphatic heterocycles. The van der Waals surface area contributed by atoms with Gasteiger partial charge in [-0.2, -0.15) is 0 Å². The second-order valence-corrected chi connectivity index (χ2v) is 8.34. The Morgan fingerprint density at radius 3 is 2.55 bits per heavy atom. The van der Waals surface area contributed by atoms with Gasteiger partial charge in [0, 0.05) is 10.4 Å². The van der Waals surface area contributed by atoms with E-state index in [4.69, 9.17) is 9.52 Å². The van der Waals surface area contributed by atoms with Gasteiger partial charge in [0.1, 0.15) is 16.4 Å². The number of furan rings is 1. The van der Waals surface area contributed by atoms with Gasteiger partial charge in [-0.05, 0) is 56.5 Å². The molecule has 1 aromatic carbocycles. The molecule has 0 unspecified atom stereocenters. The molecule has 0 saturated carbocycles. The number of carboxylic acid groups (broad SMARTS) is 1. The average Bonchev–Trinajstić information content (AvgIpc) is 3.25. The second kappa shape index (κ2) is 7.00. The van der Waals surface area contributed by atoms with E-state index in [1.807, 2.05) is 13.0 Å². The Hall–Kier alpha value is -3.19. The van der Waals surface area contributed by atoms with Crippen molar-refractivity contribution in [3.05, 3.63) is 74.0 Å². The number of hydrogen-bond donors (Lipinski definition) is 1. The third-order valence-electron chi connectivity index (χ3n) is 5.16. The summed E-state index contributed by atoms with van der Waals surface area (Å²) in [5.41, 5.74) is 4.11. The molecule has 4 rings (SSSR count). The first-order valence-corrected chi connectivity index (χ1v) is 9.98. The van der Waals surface area contributed by atoms with Crippen LogP contribution in [0.1, 0.15) is 38.1 Å². The normalized spacial score (nSPS) is 11.3. The second-order valence-electron chi connectivity index (χ2n) is 7.13. The number of hydrogen-bond acceptors (Lipinski definition) is 5. The molecule has 1 N–H and O–H groups in total. The van der Waals surface area contributed by atoms with E-state index in [0.717, 1.165) is 16.0 Å². The zero-order valence-electron chi connectivity index (χ0n) is 16.6. The van der Waals surface area contributed by atoms with E-state index in [0.29, 0.717) is 21.8 Å². The minimum absolute atomic E-state index is 0.127. The highest BCUT2D eigenvalue weighted by Gasteiger charge is 2.20. The lowest BCUT2D eigenvalue weighted by atomic mass is 9.99. The van der Waals surface area contributed by atoms with E-state index in [1.165, 1.54) is 33.1 Å². The molecule has 3 heterocycles. The fourth-order valence-electron chi connectivity index (χ4n) is 3.46. The van der Waals surface area contributed by atoms with E-state index in [9.17, 15) is 9.59 Å². The topological polar surface area (TPSA) is 85.3 Å². The molecule has 0 saturated heterocycles. The van der Waals surface area contributed by atoms with E-state index >= 15 is 0 Å². The van der Waals surface area contributed by atoms with Gasteiger partial charge in [0.05, 0.1) is 11.9 Å². The number of thiophene rings is 1. The molecular weight excluding hydrogens is 388 g/mol. The standard InChI is InChI=1S/C22H20N2O4S/c1-11-5-6-15(9-12(11)2)18-13(3)29-20-19(18)21(25)24(14(4)23-20)10-16-7-8-17(28-16)22(26)27/h5-9H,10H2,1-4H3,(H,26,27). The summed E-state index contributed by atoms with van der Waals surface area (Å²) < 4.78 is 6.87. The van der Waals surface area contributed by atoms with Gasteiger partial charge in [0.25, 0.3) is 5.56 Å². The molecule has 0 aliphatic carbocycles. The van der Waals surface area contributed by atoms with Gasteiger partial charge in [-0.25, -0.2) is 9.78 Å². The van der Waals surface area contributed by atoms with E-state index in [2.05, 4.69) is 31.0 Å². The minimum atomic E-state index is -1.14. The van der Waals surface area contributed by atoms with Gasteiger partial charge < -0.3 is 9.52 Å². The summed E-state index contributed by atoms with van der Waals surface area (Å²) in [6, 6.07) is 9.15. The van der Waals surface area contributed by atoms with E-state index in [1.54, 1.807) is 13.0 Å². The molecule has 0 atom stereocenters. The van der Waals surface area contributed by atoms with Crippen LogP contribution in [0, 0.1) is 27.7 Å². The predicted octanol–water partition coefficient (Wildman–Crippen LogP) is 4.70. The number of carbonyl (C=O) groups is 1. The molecule has 3 aromatic heterocycles. The summed E-state index contributed by atoms with van der Waals surface area (Å²) in [7, 11) is 0. The van der Waals surface area contributed by atoms with Crippen LogP contribution in [-0.4, -0.2) is 20.6 Å². The molecule has 0 bridgehead atoms. The van der Waals surface area contributed by atoms with Crippen LogP contribution >= 0.6 is 11.3 Å². The molecule has 4 aromatic rings. The third kappa shape index (κ3) is 3.27. The van der Waals surface area contributed by atoms with E-state index in [-0.39, 0.29) is 17.9 Å². The van der Waals surface area contributed by atoms with Crippen LogP contribution in [-0.2, 0) is 6.54 Å². The molecule has 0 fully saturated rings. The molecular formula is C22H20N2O4S. The van der Waals surface area contributed by atoms with Gasteiger partial charge in [-0.3, -0.25) is 9.36 Å². The van der Waals surface area contributed by atoms with Crippen LogP contribution in [0.3, 0.4) is 0 Å². The number of rotatable bonds is 4. The average molecular weight is 408 g/mol. The maximum absolute atomic E-state index is 13.4. The van der Waals surface area contributed by atoms with Crippen molar-refractivity contribution in [3.63, 3.8) is 0 Å². The van der Waals surface area contributed by atoms with Crippen LogP contribution in [0.25, 0.3) is 21.3 Å². The fraction of sp³-hybridized carbons (Fsp3) is 0.227. The molecule has 0 aliphatic rings. The lowest BCUT2D eigenvalue weighted by molar-refractivity contribution is 0.0660. The Kier molecular flexibility index (Phi) is 4.62. The van der Waals surface area contributed by atoms with Crippen molar-refractivity contribution in [1.82, 2.24) is 9.55 Å². The fourth-order valence-corrected chi connectivity index (χ4v) is 4.54. The summed E-state index contributed by atoms with van der Waals surface area (Å²) >= 11 is 1.51. The van der Waals surface area contributed by atoms with Crippen LogP contribution < -0.4 is 5.56 Å². The van der Waals surface area contributed by atoms with Crippen molar-refractivity contribution in [1.29, 1.82) is 0 Å². The number of nitrogens with zero attached hydrogens (tertiary/aromatic N) is 2. The van der Waals surface area contributed by atoms with Crippen LogP contribution in [0.4, 0.5) is 0 Å². The van der Waals surface area contributed by atoms with Crippen molar-refractivity contribution in [2.75, 3.05) is 0 Å². The van der Waals surface area contributed by atoms with Crippen molar-refractivity contribution < 1.29 is 14.3 Å². The van der Waals surface area contributed by atoms with Crippen molar-refractivity contribution in [3.8, 4) is 11.1 Å². The molecule has 7 heteroatoms. The van der Waals surface area contributed by atoms with Gasteiger partial charge in [-0.1, -0.05) is 18.2 Å². The van der Waals surface area contributed by atoms with E-state index < -0.39 is 5.97 Å². The Labute approximate surface area is 171 Å². The summed E-state index contributed by atoms with van der Waals surface area (Å²) in [6.07, 6.45) is 0. The largest absolute Gasteiger partial charge is 0.475 e. The van der Waals surface area contributed by atoms with Gasteiger partial charge >= 0.3 is 5.97 Å². The van der Waals surface area contributed by atoms with Gasteiger partial charge in [0.2, 0.25) is 5.76 Å². The molecule has 0 radical (unpaired) electrons. The first-order chi connectivity index (χ1) is 13.8.